The normalized spacial score (nSPS) is 10.3. The minimum atomic E-state index is -0.126. The van der Waals surface area contributed by atoms with Crippen LogP contribution in [-0.2, 0) is 6.54 Å². The van der Waals surface area contributed by atoms with E-state index in [9.17, 15) is 4.79 Å². The van der Waals surface area contributed by atoms with Crippen LogP contribution < -0.4 is 5.32 Å². The summed E-state index contributed by atoms with van der Waals surface area (Å²) in [5.41, 5.74) is 1.81. The van der Waals surface area contributed by atoms with Crippen LogP contribution in [0, 0.1) is 13.8 Å². The first kappa shape index (κ1) is 12.6. The summed E-state index contributed by atoms with van der Waals surface area (Å²) < 4.78 is 0. The Morgan fingerprint density at radius 1 is 1.28 bits per heavy atom. The molecule has 1 aromatic heterocycles. The van der Waals surface area contributed by atoms with Gasteiger partial charge >= 0.3 is 0 Å². The minimum Gasteiger partial charge on any atom is -0.508 e. The Labute approximate surface area is 110 Å². The van der Waals surface area contributed by atoms with Gasteiger partial charge in [-0.2, -0.15) is 0 Å². The summed E-state index contributed by atoms with van der Waals surface area (Å²) in [5, 5.41) is 12.0. The molecule has 0 fully saturated rings. The van der Waals surface area contributed by atoms with Gasteiger partial charge in [0.15, 0.2) is 0 Å². The van der Waals surface area contributed by atoms with Crippen molar-refractivity contribution in [2.45, 2.75) is 20.4 Å². The molecule has 0 bridgehead atoms. The maximum absolute atomic E-state index is 11.8. The predicted molar refractivity (Wildman–Crippen MR) is 73.1 cm³/mol. The lowest BCUT2D eigenvalue weighted by Gasteiger charge is -2.03. The molecule has 2 N–H and O–H groups in total. The van der Waals surface area contributed by atoms with E-state index in [2.05, 4.69) is 25.2 Å². The van der Waals surface area contributed by atoms with Crippen molar-refractivity contribution >= 4 is 17.2 Å². The molecule has 0 unspecified atom stereocenters. The van der Waals surface area contributed by atoms with Crippen LogP contribution in [0.1, 0.15) is 25.7 Å². The Morgan fingerprint density at radius 2 is 1.94 bits per heavy atom. The Balaban J connectivity index is 1.98. The third-order valence-corrected chi connectivity index (χ3v) is 3.92. The van der Waals surface area contributed by atoms with Crippen molar-refractivity contribution in [2.75, 3.05) is 0 Å². The molecule has 0 aliphatic heterocycles. The zero-order valence-electron chi connectivity index (χ0n) is 10.4. The number of phenolic OH excluding ortho intramolecular Hbond substituents is 1. The number of nitrogens with one attached hydrogen (secondary N) is 1. The van der Waals surface area contributed by atoms with Crippen molar-refractivity contribution in [3.05, 3.63) is 51.2 Å². The van der Waals surface area contributed by atoms with Crippen molar-refractivity contribution in [2.24, 2.45) is 0 Å². The number of benzene rings is 1. The first-order valence-corrected chi connectivity index (χ1v) is 6.51. The van der Waals surface area contributed by atoms with Gasteiger partial charge in [0.1, 0.15) is 5.75 Å². The zero-order valence-corrected chi connectivity index (χ0v) is 11.2. The van der Waals surface area contributed by atoms with E-state index in [0.29, 0.717) is 12.1 Å². The molecule has 1 amide bonds. The van der Waals surface area contributed by atoms with Gasteiger partial charge in [-0.05, 0) is 49.7 Å². The lowest BCUT2D eigenvalue weighted by Crippen LogP contribution is -2.22. The van der Waals surface area contributed by atoms with Gasteiger partial charge in [-0.3, -0.25) is 4.79 Å². The van der Waals surface area contributed by atoms with Crippen LogP contribution in [0.25, 0.3) is 0 Å². The van der Waals surface area contributed by atoms with Crippen LogP contribution in [0.15, 0.2) is 30.3 Å². The highest BCUT2D eigenvalue weighted by Crippen LogP contribution is 2.20. The first-order valence-electron chi connectivity index (χ1n) is 5.69. The molecule has 94 valence electrons. The fourth-order valence-corrected chi connectivity index (χ4v) is 2.61. The maximum Gasteiger partial charge on any atom is 0.251 e. The van der Waals surface area contributed by atoms with Crippen LogP contribution in [0.5, 0.6) is 5.75 Å². The molecule has 18 heavy (non-hydrogen) atoms. The number of amides is 1. The van der Waals surface area contributed by atoms with E-state index >= 15 is 0 Å². The highest BCUT2D eigenvalue weighted by Gasteiger charge is 2.06. The zero-order chi connectivity index (χ0) is 13.1. The molecule has 0 aliphatic rings. The highest BCUT2D eigenvalue weighted by molar-refractivity contribution is 7.12. The van der Waals surface area contributed by atoms with Crippen LogP contribution in [0.4, 0.5) is 0 Å². The smallest absolute Gasteiger partial charge is 0.251 e. The molecule has 3 nitrogen and oxygen atoms in total. The van der Waals surface area contributed by atoms with Crippen molar-refractivity contribution in [3.63, 3.8) is 0 Å². The van der Waals surface area contributed by atoms with Gasteiger partial charge in [-0.25, -0.2) is 0 Å². The van der Waals surface area contributed by atoms with Crippen LogP contribution in [-0.4, -0.2) is 11.0 Å². The van der Waals surface area contributed by atoms with Gasteiger partial charge in [0.25, 0.3) is 5.91 Å². The van der Waals surface area contributed by atoms with E-state index < -0.39 is 0 Å². The number of hydrogen-bond acceptors (Lipinski definition) is 3. The molecule has 1 heterocycles. The summed E-state index contributed by atoms with van der Waals surface area (Å²) >= 11 is 1.70. The molecular weight excluding hydrogens is 246 g/mol. The van der Waals surface area contributed by atoms with E-state index in [0.717, 1.165) is 4.88 Å². The number of hydrogen-bond donors (Lipinski definition) is 2. The van der Waals surface area contributed by atoms with E-state index in [4.69, 9.17) is 5.11 Å². The number of carbonyl (C=O) groups is 1. The summed E-state index contributed by atoms with van der Waals surface area (Å²) in [5.74, 6) is 0.0368. The molecule has 0 aliphatic carbocycles. The molecule has 0 saturated carbocycles. The standard InChI is InChI=1S/C14H15NO2S/c1-9-7-13(18-10(9)2)8-15-14(17)11-3-5-12(16)6-4-11/h3-7,16H,8H2,1-2H3,(H,15,17). The van der Waals surface area contributed by atoms with Gasteiger partial charge in [0.05, 0.1) is 6.54 Å². The lowest BCUT2D eigenvalue weighted by atomic mass is 10.2. The molecule has 2 rings (SSSR count). The number of aromatic hydroxyl groups is 1. The Kier molecular flexibility index (Phi) is 3.67. The lowest BCUT2D eigenvalue weighted by molar-refractivity contribution is 0.0951. The molecule has 1 aromatic carbocycles. The van der Waals surface area contributed by atoms with E-state index in [1.165, 1.54) is 22.6 Å². The van der Waals surface area contributed by atoms with E-state index in [-0.39, 0.29) is 11.7 Å². The fourth-order valence-electron chi connectivity index (χ4n) is 1.62. The van der Waals surface area contributed by atoms with Crippen molar-refractivity contribution < 1.29 is 9.90 Å². The van der Waals surface area contributed by atoms with Gasteiger partial charge in [0, 0.05) is 15.3 Å². The third-order valence-electron chi connectivity index (χ3n) is 2.77. The summed E-state index contributed by atoms with van der Waals surface area (Å²) in [6, 6.07) is 8.32. The largest absolute Gasteiger partial charge is 0.508 e. The second-order valence-corrected chi connectivity index (χ2v) is 5.52. The molecule has 0 spiro atoms. The van der Waals surface area contributed by atoms with Gasteiger partial charge in [-0.15, -0.1) is 11.3 Å². The van der Waals surface area contributed by atoms with E-state index in [1.54, 1.807) is 23.5 Å². The number of thiophene rings is 1. The summed E-state index contributed by atoms with van der Waals surface area (Å²) in [4.78, 5) is 14.3. The van der Waals surface area contributed by atoms with Gasteiger partial charge in [-0.1, -0.05) is 0 Å². The van der Waals surface area contributed by atoms with Gasteiger partial charge in [0.2, 0.25) is 0 Å². The second kappa shape index (κ2) is 5.23. The third kappa shape index (κ3) is 2.90. The summed E-state index contributed by atoms with van der Waals surface area (Å²) in [6.07, 6.45) is 0. The SMILES string of the molecule is Cc1cc(CNC(=O)c2ccc(O)cc2)sc1C. The van der Waals surface area contributed by atoms with Crippen LogP contribution in [0.2, 0.25) is 0 Å². The first-order chi connectivity index (χ1) is 8.56. The molecule has 0 radical (unpaired) electrons. The van der Waals surface area contributed by atoms with Crippen molar-refractivity contribution in [1.29, 1.82) is 0 Å². The topological polar surface area (TPSA) is 49.3 Å². The Morgan fingerprint density at radius 3 is 2.50 bits per heavy atom. The van der Waals surface area contributed by atoms with Gasteiger partial charge < -0.3 is 10.4 Å². The van der Waals surface area contributed by atoms with Crippen LogP contribution in [0.3, 0.4) is 0 Å². The molecule has 4 heteroatoms. The highest BCUT2D eigenvalue weighted by atomic mass is 32.1. The Bertz CT molecular complexity index is 538. The average molecular weight is 261 g/mol. The molecule has 0 saturated heterocycles. The monoisotopic (exact) mass is 261 g/mol. The molecular formula is C14H15NO2S. The van der Waals surface area contributed by atoms with Crippen LogP contribution >= 0.6 is 11.3 Å². The molecule has 2 aromatic rings. The predicted octanol–water partition coefficient (Wildman–Crippen LogP) is 3.00. The number of carbonyl (C=O) groups excluding carboxylic acids is 1. The maximum atomic E-state index is 11.8. The number of phenols is 1. The van der Waals surface area contributed by atoms with Crippen molar-refractivity contribution in [3.8, 4) is 5.75 Å². The fraction of sp³-hybridized carbons (Fsp3) is 0.214. The van der Waals surface area contributed by atoms with Crippen molar-refractivity contribution in [1.82, 2.24) is 5.32 Å². The Hall–Kier alpha value is -1.81. The van der Waals surface area contributed by atoms with E-state index in [1.807, 2.05) is 0 Å². The minimum absolute atomic E-state index is 0.126. The average Bonchev–Trinajstić information content (AvgIpc) is 2.67. The second-order valence-electron chi connectivity index (χ2n) is 4.18. The number of aryl methyl sites for hydroxylation is 2. The molecule has 0 atom stereocenters. The summed E-state index contributed by atoms with van der Waals surface area (Å²) in [6.45, 7) is 4.68. The quantitative estimate of drug-likeness (QED) is 0.892. The number of rotatable bonds is 3. The summed E-state index contributed by atoms with van der Waals surface area (Å²) in [7, 11) is 0.